The Labute approximate surface area is 202 Å². The fourth-order valence-electron chi connectivity index (χ4n) is 4.23. The lowest BCUT2D eigenvalue weighted by Gasteiger charge is -2.24. The van der Waals surface area contributed by atoms with E-state index in [-0.39, 0.29) is 7.72 Å². The molecule has 3 heteroatoms. The van der Waals surface area contributed by atoms with Crippen LogP contribution in [0.3, 0.4) is 0 Å². The van der Waals surface area contributed by atoms with Crippen LogP contribution in [0.5, 0.6) is 0 Å². The lowest BCUT2D eigenvalue weighted by atomic mass is 9.84. The zero-order chi connectivity index (χ0) is 23.9. The van der Waals surface area contributed by atoms with Crippen molar-refractivity contribution < 1.29 is 15.6 Å². The van der Waals surface area contributed by atoms with Crippen molar-refractivity contribution in [1.82, 2.24) is 0 Å². The lowest BCUT2D eigenvalue weighted by Crippen LogP contribution is -2.27. The van der Waals surface area contributed by atoms with Gasteiger partial charge in [-0.1, -0.05) is 72.0 Å². The molecular formula is C29H58O3. The van der Waals surface area contributed by atoms with Crippen molar-refractivity contribution in [2.45, 2.75) is 126 Å². The number of hydrogen-bond donors (Lipinski definition) is 0. The fraction of sp³-hybridized carbons (Fsp3) is 0.931. The molecule has 0 aromatic rings. The van der Waals surface area contributed by atoms with Gasteiger partial charge in [-0.05, 0) is 76.5 Å². The number of ether oxygens (including phenoxy) is 3. The Hall–Kier alpha value is -0.380. The molecule has 1 saturated carbocycles. The van der Waals surface area contributed by atoms with E-state index in [1.165, 1.54) is 57.8 Å². The van der Waals surface area contributed by atoms with Gasteiger partial charge in [-0.2, -0.15) is 0 Å². The van der Waals surface area contributed by atoms with Crippen LogP contribution < -0.4 is 0 Å². The lowest BCUT2D eigenvalue weighted by molar-refractivity contribution is -0.187. The summed E-state index contributed by atoms with van der Waals surface area (Å²) in [6.07, 6.45) is 15.5. The Kier molecular flexibility index (Phi) is 15.9. The van der Waals surface area contributed by atoms with Crippen LogP contribution in [0.15, 0.2) is 11.6 Å². The topological polar surface area (TPSA) is 27.7 Å². The summed E-state index contributed by atoms with van der Waals surface area (Å²) < 4.78 is 15.7. The molecule has 2 aliphatic heterocycles. The molecule has 0 spiro atoms. The molecule has 0 amide bonds. The molecule has 0 aromatic heterocycles. The van der Waals surface area contributed by atoms with E-state index >= 15 is 0 Å². The van der Waals surface area contributed by atoms with E-state index in [4.69, 9.17) is 14.2 Å². The minimum Gasteiger partial charge on any atom is -0.378 e. The monoisotopic (exact) mass is 454 g/mol. The summed E-state index contributed by atoms with van der Waals surface area (Å²) in [6.45, 7) is 20.4. The summed E-state index contributed by atoms with van der Waals surface area (Å²) in [6, 6.07) is 0. The summed E-state index contributed by atoms with van der Waals surface area (Å²) in [7, 11) is 0. The van der Waals surface area contributed by atoms with Gasteiger partial charge in [0, 0.05) is 14.0 Å². The zero-order valence-corrected chi connectivity index (χ0v) is 22.8. The molecule has 3 unspecified atom stereocenters. The third kappa shape index (κ3) is 15.5. The molecule has 0 aromatic carbocycles. The Morgan fingerprint density at radius 3 is 1.44 bits per heavy atom. The average Bonchev–Trinajstić information content (AvgIpc) is 2.78. The van der Waals surface area contributed by atoms with E-state index in [1.54, 1.807) is 5.57 Å². The minimum absolute atomic E-state index is 0. The van der Waals surface area contributed by atoms with E-state index in [1.807, 2.05) is 6.92 Å². The van der Waals surface area contributed by atoms with Crippen molar-refractivity contribution in [2.75, 3.05) is 19.8 Å². The molecule has 0 bridgehead atoms. The minimum atomic E-state index is 0. The maximum atomic E-state index is 5.39. The quantitative estimate of drug-likeness (QED) is 0.343. The van der Waals surface area contributed by atoms with Gasteiger partial charge >= 0.3 is 0 Å². The van der Waals surface area contributed by atoms with Crippen LogP contribution in [-0.4, -0.2) is 32.2 Å². The largest absolute Gasteiger partial charge is 0.378 e. The van der Waals surface area contributed by atoms with Crippen LogP contribution in [0.4, 0.5) is 0 Å². The van der Waals surface area contributed by atoms with Crippen LogP contribution in [-0.2, 0) is 14.2 Å². The smallest absolute Gasteiger partial charge is 0.154 e. The predicted molar refractivity (Wildman–Crippen MR) is 140 cm³/mol. The van der Waals surface area contributed by atoms with Gasteiger partial charge in [0.2, 0.25) is 0 Å². The van der Waals surface area contributed by atoms with Gasteiger partial charge in [0.1, 0.15) is 0 Å². The van der Waals surface area contributed by atoms with Gasteiger partial charge in [0.05, 0.1) is 19.3 Å². The Balaban J connectivity index is 0.000000410. The van der Waals surface area contributed by atoms with Crippen LogP contribution >= 0.6 is 0 Å². The SMILES string of the molecule is CC1=CCC(C)CC1.CC1CCC(C)CC1.CC1CCC(C)OC1.CC1COC(C)OC1.[HH]. The molecule has 4 aliphatic rings. The second-order valence-corrected chi connectivity index (χ2v) is 11.5. The highest BCUT2D eigenvalue weighted by atomic mass is 16.7. The molecule has 32 heavy (non-hydrogen) atoms. The first-order valence-electron chi connectivity index (χ1n) is 13.7. The zero-order valence-electron chi connectivity index (χ0n) is 22.8. The van der Waals surface area contributed by atoms with E-state index in [0.29, 0.717) is 12.0 Å². The second kappa shape index (κ2) is 17.1. The van der Waals surface area contributed by atoms with Gasteiger partial charge < -0.3 is 14.2 Å². The van der Waals surface area contributed by atoms with Gasteiger partial charge in [0.15, 0.2) is 6.29 Å². The second-order valence-electron chi connectivity index (χ2n) is 11.5. The van der Waals surface area contributed by atoms with E-state index < -0.39 is 0 Å². The van der Waals surface area contributed by atoms with Gasteiger partial charge in [0.25, 0.3) is 0 Å². The Morgan fingerprint density at radius 2 is 1.09 bits per heavy atom. The molecule has 0 N–H and O–H groups in total. The standard InChI is InChI=1S/C8H16.C8H14.C7H14O.C6H12O2.H2/c2*1-7-3-5-8(2)6-4-7;1-6-3-4-7(2)8-5-6;1-5-3-7-6(2)8-4-5;/h7-8H,3-6H2,1-2H3;3,8H,4-6H2,1-2H3;6-7H,3-5H2,1-2H3;5-6H,3-4H2,1-2H3;1H. The molecule has 2 saturated heterocycles. The highest BCUT2D eigenvalue weighted by molar-refractivity contribution is 5.01. The predicted octanol–water partition coefficient (Wildman–Crippen LogP) is 8.67. The molecule has 4 rings (SSSR count). The first kappa shape index (κ1) is 29.7. The molecule has 3 fully saturated rings. The highest BCUT2D eigenvalue weighted by Crippen LogP contribution is 2.27. The average molecular weight is 455 g/mol. The maximum absolute atomic E-state index is 5.39. The van der Waals surface area contributed by atoms with Crippen LogP contribution in [0.1, 0.15) is 115 Å². The summed E-state index contributed by atoms with van der Waals surface area (Å²) in [5.74, 6) is 4.36. The van der Waals surface area contributed by atoms with Gasteiger partial charge in [-0.15, -0.1) is 0 Å². The molecule has 3 atom stereocenters. The van der Waals surface area contributed by atoms with E-state index in [2.05, 4.69) is 54.5 Å². The molecule has 2 aliphatic carbocycles. The van der Waals surface area contributed by atoms with Crippen molar-refractivity contribution in [1.29, 1.82) is 0 Å². The fourth-order valence-corrected chi connectivity index (χ4v) is 4.23. The molecule has 3 nitrogen and oxygen atoms in total. The molecule has 2 heterocycles. The number of allylic oxidation sites excluding steroid dienone is 2. The van der Waals surface area contributed by atoms with Crippen LogP contribution in [0.2, 0.25) is 0 Å². The summed E-state index contributed by atoms with van der Waals surface area (Å²) in [5.41, 5.74) is 1.59. The normalized spacial score (nSPS) is 37.2. The summed E-state index contributed by atoms with van der Waals surface area (Å²) in [4.78, 5) is 0. The molecular weight excluding hydrogens is 396 g/mol. The number of hydrogen-bond acceptors (Lipinski definition) is 3. The third-order valence-corrected chi connectivity index (χ3v) is 7.17. The Morgan fingerprint density at radius 1 is 0.594 bits per heavy atom. The van der Waals surface area contributed by atoms with Crippen molar-refractivity contribution in [3.8, 4) is 0 Å². The van der Waals surface area contributed by atoms with Crippen LogP contribution in [0, 0.1) is 29.6 Å². The van der Waals surface area contributed by atoms with Crippen molar-refractivity contribution in [3.63, 3.8) is 0 Å². The first-order chi connectivity index (χ1) is 15.2. The first-order valence-corrected chi connectivity index (χ1v) is 13.7. The molecule has 192 valence electrons. The number of rotatable bonds is 0. The third-order valence-electron chi connectivity index (χ3n) is 7.17. The van der Waals surface area contributed by atoms with Gasteiger partial charge in [-0.3, -0.25) is 0 Å². The summed E-state index contributed by atoms with van der Waals surface area (Å²) >= 11 is 0. The maximum Gasteiger partial charge on any atom is 0.154 e. The van der Waals surface area contributed by atoms with Crippen molar-refractivity contribution in [3.05, 3.63) is 11.6 Å². The van der Waals surface area contributed by atoms with Gasteiger partial charge in [-0.25, -0.2) is 0 Å². The van der Waals surface area contributed by atoms with Crippen molar-refractivity contribution in [2.24, 2.45) is 29.6 Å². The Bertz CT molecular complexity index is 394. The van der Waals surface area contributed by atoms with E-state index in [0.717, 1.165) is 43.5 Å². The molecule has 0 radical (unpaired) electrons. The highest BCUT2D eigenvalue weighted by Gasteiger charge is 2.14. The summed E-state index contributed by atoms with van der Waals surface area (Å²) in [5, 5.41) is 0. The van der Waals surface area contributed by atoms with Crippen molar-refractivity contribution >= 4 is 0 Å². The van der Waals surface area contributed by atoms with E-state index in [9.17, 15) is 0 Å². The van der Waals surface area contributed by atoms with Crippen LogP contribution in [0.25, 0.3) is 0 Å².